The molecule has 1 aliphatic rings. The summed E-state index contributed by atoms with van der Waals surface area (Å²) in [5.74, 6) is 0.358. The maximum atomic E-state index is 12.0. The van der Waals surface area contributed by atoms with E-state index in [1.165, 1.54) is 17.1 Å². The number of aromatic amines is 1. The molecule has 1 fully saturated rings. The van der Waals surface area contributed by atoms with Crippen molar-refractivity contribution in [3.63, 3.8) is 0 Å². The Kier molecular flexibility index (Phi) is 3.06. The molecular weight excluding hydrogens is 244 g/mol. The Morgan fingerprint density at radius 1 is 1.28 bits per heavy atom. The van der Waals surface area contributed by atoms with Crippen LogP contribution in [-0.2, 0) is 0 Å². The number of benzene rings is 1. The van der Waals surface area contributed by atoms with Gasteiger partial charge in [-0.1, -0.05) is 41.4 Å². The van der Waals surface area contributed by atoms with E-state index in [0.29, 0.717) is 5.92 Å². The summed E-state index contributed by atoms with van der Waals surface area (Å²) in [4.78, 5) is 13.1. The number of aryl methyl sites for hydroxylation is 1. The van der Waals surface area contributed by atoms with E-state index >= 15 is 0 Å². The van der Waals surface area contributed by atoms with Crippen molar-refractivity contribution in [2.24, 2.45) is 0 Å². The molecule has 1 unspecified atom stereocenters. The van der Waals surface area contributed by atoms with Gasteiger partial charge in [-0.3, -0.25) is 9.17 Å². The second kappa shape index (κ2) is 4.71. The Labute approximate surface area is 110 Å². The van der Waals surface area contributed by atoms with Crippen LogP contribution in [0.4, 0.5) is 0 Å². The molecule has 94 valence electrons. The van der Waals surface area contributed by atoms with E-state index in [-0.39, 0.29) is 5.56 Å². The SMILES string of the molecule is Cc1ccc(-c2s[nH]c(=O)c2C2CCNC2)cc1. The van der Waals surface area contributed by atoms with E-state index in [0.717, 1.165) is 35.5 Å². The van der Waals surface area contributed by atoms with Crippen molar-refractivity contribution in [2.45, 2.75) is 19.3 Å². The predicted octanol–water partition coefficient (Wildman–Crippen LogP) is 2.49. The van der Waals surface area contributed by atoms with Crippen LogP contribution < -0.4 is 10.9 Å². The molecule has 4 heteroatoms. The number of aromatic nitrogens is 1. The smallest absolute Gasteiger partial charge is 0.262 e. The van der Waals surface area contributed by atoms with Crippen LogP contribution in [0, 0.1) is 6.92 Å². The Morgan fingerprint density at radius 2 is 2.06 bits per heavy atom. The van der Waals surface area contributed by atoms with Crippen molar-refractivity contribution < 1.29 is 0 Å². The first-order chi connectivity index (χ1) is 8.75. The van der Waals surface area contributed by atoms with Gasteiger partial charge in [0.25, 0.3) is 5.56 Å². The number of hydrogen-bond acceptors (Lipinski definition) is 3. The fourth-order valence-electron chi connectivity index (χ4n) is 2.50. The largest absolute Gasteiger partial charge is 0.316 e. The van der Waals surface area contributed by atoms with Gasteiger partial charge in [0.2, 0.25) is 0 Å². The van der Waals surface area contributed by atoms with Gasteiger partial charge in [-0.25, -0.2) is 0 Å². The molecule has 1 atom stereocenters. The molecule has 1 aromatic carbocycles. The van der Waals surface area contributed by atoms with Crippen molar-refractivity contribution in [3.8, 4) is 10.4 Å². The minimum absolute atomic E-state index is 0.0873. The first-order valence-corrected chi connectivity index (χ1v) is 7.06. The molecular formula is C14H16N2OS. The topological polar surface area (TPSA) is 44.9 Å². The second-order valence-corrected chi connectivity index (χ2v) is 5.65. The van der Waals surface area contributed by atoms with Crippen molar-refractivity contribution in [1.82, 2.24) is 9.69 Å². The number of rotatable bonds is 2. The zero-order valence-electron chi connectivity index (χ0n) is 10.3. The number of hydrogen-bond donors (Lipinski definition) is 2. The summed E-state index contributed by atoms with van der Waals surface area (Å²) in [7, 11) is 0. The van der Waals surface area contributed by atoms with Gasteiger partial charge in [-0.05, 0) is 25.5 Å². The van der Waals surface area contributed by atoms with Crippen LogP contribution in [0.25, 0.3) is 10.4 Å². The molecule has 2 aromatic rings. The number of H-pyrrole nitrogens is 1. The van der Waals surface area contributed by atoms with E-state index in [1.54, 1.807) is 0 Å². The van der Waals surface area contributed by atoms with Gasteiger partial charge in [-0.2, -0.15) is 0 Å². The minimum atomic E-state index is 0.0873. The molecule has 1 saturated heterocycles. The first-order valence-electron chi connectivity index (χ1n) is 6.25. The van der Waals surface area contributed by atoms with Gasteiger partial charge in [0.1, 0.15) is 0 Å². The van der Waals surface area contributed by atoms with Crippen LogP contribution in [-0.4, -0.2) is 17.5 Å². The Bertz CT molecular complexity index is 591. The average molecular weight is 260 g/mol. The summed E-state index contributed by atoms with van der Waals surface area (Å²) in [5.41, 5.74) is 3.44. The third-order valence-electron chi connectivity index (χ3n) is 3.52. The Hall–Kier alpha value is -1.39. The van der Waals surface area contributed by atoms with Crippen molar-refractivity contribution in [2.75, 3.05) is 13.1 Å². The monoisotopic (exact) mass is 260 g/mol. The summed E-state index contributed by atoms with van der Waals surface area (Å²) in [6, 6.07) is 8.38. The number of nitrogens with one attached hydrogen (secondary N) is 2. The van der Waals surface area contributed by atoms with Gasteiger partial charge in [-0.15, -0.1) is 0 Å². The lowest BCUT2D eigenvalue weighted by atomic mass is 9.96. The summed E-state index contributed by atoms with van der Waals surface area (Å²) < 4.78 is 2.89. The summed E-state index contributed by atoms with van der Waals surface area (Å²) >= 11 is 1.46. The van der Waals surface area contributed by atoms with E-state index < -0.39 is 0 Å². The van der Waals surface area contributed by atoms with Crippen LogP contribution in [0.5, 0.6) is 0 Å². The van der Waals surface area contributed by atoms with Crippen LogP contribution >= 0.6 is 11.5 Å². The zero-order chi connectivity index (χ0) is 12.5. The maximum Gasteiger partial charge on any atom is 0.262 e. The molecule has 0 aliphatic carbocycles. The van der Waals surface area contributed by atoms with Gasteiger partial charge in [0, 0.05) is 18.0 Å². The zero-order valence-corrected chi connectivity index (χ0v) is 11.1. The van der Waals surface area contributed by atoms with E-state index in [4.69, 9.17) is 0 Å². The molecule has 0 spiro atoms. The van der Waals surface area contributed by atoms with Crippen LogP contribution in [0.3, 0.4) is 0 Å². The highest BCUT2D eigenvalue weighted by Gasteiger charge is 2.24. The molecule has 0 saturated carbocycles. The molecule has 0 bridgehead atoms. The van der Waals surface area contributed by atoms with Crippen LogP contribution in [0.1, 0.15) is 23.5 Å². The summed E-state index contributed by atoms with van der Waals surface area (Å²) in [6.07, 6.45) is 1.05. The van der Waals surface area contributed by atoms with Crippen molar-refractivity contribution in [3.05, 3.63) is 45.7 Å². The highest BCUT2D eigenvalue weighted by Crippen LogP contribution is 2.32. The second-order valence-electron chi connectivity index (χ2n) is 4.83. The van der Waals surface area contributed by atoms with E-state index in [2.05, 4.69) is 40.9 Å². The fourth-order valence-corrected chi connectivity index (χ4v) is 3.43. The standard InChI is InChI=1S/C14H16N2OS/c1-9-2-4-10(5-3-9)13-12(14(17)16-18-13)11-6-7-15-8-11/h2-5,11,15H,6-8H2,1H3,(H,16,17). The van der Waals surface area contributed by atoms with Gasteiger partial charge in [0.15, 0.2) is 0 Å². The minimum Gasteiger partial charge on any atom is -0.316 e. The van der Waals surface area contributed by atoms with Crippen LogP contribution in [0.15, 0.2) is 29.1 Å². The molecule has 2 N–H and O–H groups in total. The molecule has 0 amide bonds. The molecule has 3 nitrogen and oxygen atoms in total. The quantitative estimate of drug-likeness (QED) is 0.871. The third kappa shape index (κ3) is 2.02. The molecule has 0 radical (unpaired) electrons. The molecule has 3 rings (SSSR count). The predicted molar refractivity (Wildman–Crippen MR) is 75.3 cm³/mol. The van der Waals surface area contributed by atoms with Crippen LogP contribution in [0.2, 0.25) is 0 Å². The highest BCUT2D eigenvalue weighted by molar-refractivity contribution is 7.09. The van der Waals surface area contributed by atoms with Crippen molar-refractivity contribution >= 4 is 11.5 Å². The van der Waals surface area contributed by atoms with E-state index in [1.807, 2.05) is 0 Å². The lowest BCUT2D eigenvalue weighted by molar-refractivity contribution is 0.759. The van der Waals surface area contributed by atoms with E-state index in [9.17, 15) is 4.79 Å². The van der Waals surface area contributed by atoms with Crippen molar-refractivity contribution in [1.29, 1.82) is 0 Å². The normalized spacial score (nSPS) is 19.3. The lowest BCUT2D eigenvalue weighted by Crippen LogP contribution is -2.14. The van der Waals surface area contributed by atoms with Gasteiger partial charge >= 0.3 is 0 Å². The average Bonchev–Trinajstić information content (AvgIpc) is 2.99. The first kappa shape index (κ1) is 11.7. The fraction of sp³-hybridized carbons (Fsp3) is 0.357. The molecule has 1 aliphatic heterocycles. The molecule has 18 heavy (non-hydrogen) atoms. The van der Waals surface area contributed by atoms with Gasteiger partial charge < -0.3 is 5.32 Å². The Balaban J connectivity index is 2.06. The highest BCUT2D eigenvalue weighted by atomic mass is 32.1. The van der Waals surface area contributed by atoms with Gasteiger partial charge in [0.05, 0.1) is 4.88 Å². The maximum absolute atomic E-state index is 12.0. The lowest BCUT2D eigenvalue weighted by Gasteiger charge is -2.08. The third-order valence-corrected chi connectivity index (χ3v) is 4.46. The molecule has 2 heterocycles. The summed E-state index contributed by atoms with van der Waals surface area (Å²) in [5, 5.41) is 3.33. The molecule has 1 aromatic heterocycles. The Morgan fingerprint density at radius 3 is 2.72 bits per heavy atom. The summed E-state index contributed by atoms with van der Waals surface area (Å²) in [6.45, 7) is 4.00.